The lowest BCUT2D eigenvalue weighted by Crippen LogP contribution is -2.39. The average molecular weight is 199 g/mol. The Morgan fingerprint density at radius 1 is 1.07 bits per heavy atom. The third-order valence-corrected chi connectivity index (χ3v) is 3.48. The highest BCUT2D eigenvalue weighted by molar-refractivity contribution is 4.85. The van der Waals surface area contributed by atoms with Gasteiger partial charge < -0.3 is 5.73 Å². The molecule has 3 unspecified atom stereocenters. The van der Waals surface area contributed by atoms with E-state index in [1.807, 2.05) is 13.8 Å². The predicted molar refractivity (Wildman–Crippen MR) is 65.3 cm³/mol. The van der Waals surface area contributed by atoms with Crippen LogP contribution in [0.4, 0.5) is 0 Å². The molecular formula is C13H29N. The second-order valence-corrected chi connectivity index (χ2v) is 5.52. The van der Waals surface area contributed by atoms with Gasteiger partial charge in [-0.1, -0.05) is 41.5 Å². The smallest absolute Gasteiger partial charge is 0.00673 e. The van der Waals surface area contributed by atoms with E-state index in [0.29, 0.717) is 11.5 Å². The van der Waals surface area contributed by atoms with Gasteiger partial charge in [-0.3, -0.25) is 0 Å². The minimum atomic E-state index is 0.447. The van der Waals surface area contributed by atoms with Gasteiger partial charge in [-0.25, -0.2) is 0 Å². The highest BCUT2D eigenvalue weighted by Crippen LogP contribution is 2.38. The van der Waals surface area contributed by atoms with Crippen molar-refractivity contribution in [2.45, 2.75) is 66.8 Å². The quantitative estimate of drug-likeness (QED) is 0.630. The van der Waals surface area contributed by atoms with E-state index >= 15 is 0 Å². The van der Waals surface area contributed by atoms with Crippen LogP contribution in [0.3, 0.4) is 0 Å². The summed E-state index contributed by atoms with van der Waals surface area (Å²) in [6.07, 6.45) is 3.92. The summed E-state index contributed by atoms with van der Waals surface area (Å²) in [6.45, 7) is 13.3. The fourth-order valence-electron chi connectivity index (χ4n) is 2.14. The summed E-state index contributed by atoms with van der Waals surface area (Å²) >= 11 is 0. The summed E-state index contributed by atoms with van der Waals surface area (Å²) in [7, 11) is 0. The zero-order chi connectivity index (χ0) is 11.4. The first-order chi connectivity index (χ1) is 6.41. The normalized spacial score (nSPS) is 33.2. The first-order valence-electron chi connectivity index (χ1n) is 6.17. The Bertz CT molecular complexity index is 146. The van der Waals surface area contributed by atoms with Gasteiger partial charge in [-0.05, 0) is 36.5 Å². The van der Waals surface area contributed by atoms with Crippen LogP contribution < -0.4 is 5.73 Å². The Morgan fingerprint density at radius 2 is 1.57 bits per heavy atom. The van der Waals surface area contributed by atoms with Crippen LogP contribution in [-0.4, -0.2) is 6.04 Å². The Hall–Kier alpha value is -0.0400. The number of rotatable bonds is 0. The Kier molecular flexibility index (Phi) is 5.73. The fraction of sp³-hybridized carbons (Fsp3) is 1.00. The molecule has 0 aromatic heterocycles. The summed E-state index contributed by atoms with van der Waals surface area (Å²) in [5.41, 5.74) is 6.52. The molecule has 86 valence electrons. The topological polar surface area (TPSA) is 26.0 Å². The van der Waals surface area contributed by atoms with Crippen molar-refractivity contribution in [3.8, 4) is 0 Å². The van der Waals surface area contributed by atoms with Crippen LogP contribution >= 0.6 is 0 Å². The zero-order valence-electron chi connectivity index (χ0n) is 10.9. The van der Waals surface area contributed by atoms with Crippen LogP contribution in [0.25, 0.3) is 0 Å². The molecule has 0 amide bonds. The van der Waals surface area contributed by atoms with Crippen LogP contribution in [0.2, 0.25) is 0 Å². The highest BCUT2D eigenvalue weighted by atomic mass is 14.7. The molecule has 0 aromatic rings. The van der Waals surface area contributed by atoms with Gasteiger partial charge in [0.2, 0.25) is 0 Å². The van der Waals surface area contributed by atoms with Gasteiger partial charge in [-0.2, -0.15) is 0 Å². The molecule has 0 spiro atoms. The predicted octanol–water partition coefficient (Wildman–Crippen LogP) is 3.82. The van der Waals surface area contributed by atoms with E-state index in [1.165, 1.54) is 19.3 Å². The van der Waals surface area contributed by atoms with Crippen LogP contribution in [0, 0.1) is 17.3 Å². The molecule has 0 saturated heterocycles. The van der Waals surface area contributed by atoms with Gasteiger partial charge in [0.05, 0.1) is 0 Å². The minimum Gasteiger partial charge on any atom is -0.327 e. The lowest BCUT2D eigenvalue weighted by Gasteiger charge is -2.39. The first kappa shape index (κ1) is 14.0. The van der Waals surface area contributed by atoms with Gasteiger partial charge in [0.1, 0.15) is 0 Å². The fourth-order valence-corrected chi connectivity index (χ4v) is 2.14. The SMILES string of the molecule is CC.CC1CCC(C(C)(C)C)CC1N. The summed E-state index contributed by atoms with van der Waals surface area (Å²) in [5, 5.41) is 0. The molecule has 14 heavy (non-hydrogen) atoms. The Morgan fingerprint density at radius 3 is 1.93 bits per heavy atom. The Balaban J connectivity index is 0.000000791. The molecule has 1 nitrogen and oxygen atoms in total. The van der Waals surface area contributed by atoms with Crippen LogP contribution in [0.1, 0.15) is 60.8 Å². The van der Waals surface area contributed by atoms with Crippen molar-refractivity contribution in [1.29, 1.82) is 0 Å². The van der Waals surface area contributed by atoms with Gasteiger partial charge in [0, 0.05) is 6.04 Å². The molecule has 0 heterocycles. The van der Waals surface area contributed by atoms with E-state index in [0.717, 1.165) is 11.8 Å². The maximum absolute atomic E-state index is 6.07. The molecule has 0 bridgehead atoms. The van der Waals surface area contributed by atoms with Crippen LogP contribution in [0.15, 0.2) is 0 Å². The molecular weight excluding hydrogens is 170 g/mol. The van der Waals surface area contributed by atoms with E-state index in [1.54, 1.807) is 0 Å². The van der Waals surface area contributed by atoms with E-state index in [9.17, 15) is 0 Å². The maximum Gasteiger partial charge on any atom is 0.00673 e. The Labute approximate surface area is 90.5 Å². The summed E-state index contributed by atoms with van der Waals surface area (Å²) in [5.74, 6) is 1.58. The van der Waals surface area contributed by atoms with Gasteiger partial charge in [-0.15, -0.1) is 0 Å². The first-order valence-corrected chi connectivity index (χ1v) is 6.17. The molecule has 1 aliphatic rings. The minimum absolute atomic E-state index is 0.447. The lowest BCUT2D eigenvalue weighted by molar-refractivity contribution is 0.138. The molecule has 1 rings (SSSR count). The number of hydrogen-bond donors (Lipinski definition) is 1. The van der Waals surface area contributed by atoms with Crippen molar-refractivity contribution in [3.05, 3.63) is 0 Å². The molecule has 0 radical (unpaired) electrons. The van der Waals surface area contributed by atoms with E-state index < -0.39 is 0 Å². The van der Waals surface area contributed by atoms with Crippen LogP contribution in [0.5, 0.6) is 0 Å². The van der Waals surface area contributed by atoms with Crippen molar-refractivity contribution in [3.63, 3.8) is 0 Å². The molecule has 1 aliphatic carbocycles. The second-order valence-electron chi connectivity index (χ2n) is 5.52. The van der Waals surface area contributed by atoms with E-state index in [4.69, 9.17) is 5.73 Å². The third kappa shape index (κ3) is 4.00. The molecule has 3 atom stereocenters. The van der Waals surface area contributed by atoms with Crippen LogP contribution in [-0.2, 0) is 0 Å². The van der Waals surface area contributed by atoms with E-state index in [2.05, 4.69) is 27.7 Å². The van der Waals surface area contributed by atoms with Crippen molar-refractivity contribution >= 4 is 0 Å². The summed E-state index contributed by atoms with van der Waals surface area (Å²) < 4.78 is 0. The third-order valence-electron chi connectivity index (χ3n) is 3.48. The largest absolute Gasteiger partial charge is 0.327 e. The van der Waals surface area contributed by atoms with Gasteiger partial charge in [0.15, 0.2) is 0 Å². The summed E-state index contributed by atoms with van der Waals surface area (Å²) in [4.78, 5) is 0. The van der Waals surface area contributed by atoms with Gasteiger partial charge in [0.25, 0.3) is 0 Å². The molecule has 1 heteroatoms. The summed E-state index contributed by atoms with van der Waals surface area (Å²) in [6, 6.07) is 0.447. The lowest BCUT2D eigenvalue weighted by atomic mass is 9.68. The van der Waals surface area contributed by atoms with Gasteiger partial charge >= 0.3 is 0 Å². The molecule has 0 aromatic carbocycles. The van der Waals surface area contributed by atoms with Crippen molar-refractivity contribution < 1.29 is 0 Å². The molecule has 2 N–H and O–H groups in total. The molecule has 1 fully saturated rings. The molecule has 1 saturated carbocycles. The van der Waals surface area contributed by atoms with Crippen molar-refractivity contribution in [2.75, 3.05) is 0 Å². The van der Waals surface area contributed by atoms with Crippen molar-refractivity contribution in [1.82, 2.24) is 0 Å². The number of hydrogen-bond acceptors (Lipinski definition) is 1. The second kappa shape index (κ2) is 5.75. The van der Waals surface area contributed by atoms with Crippen molar-refractivity contribution in [2.24, 2.45) is 23.0 Å². The van der Waals surface area contributed by atoms with E-state index in [-0.39, 0.29) is 0 Å². The highest BCUT2D eigenvalue weighted by Gasteiger charge is 2.32. The molecule has 0 aliphatic heterocycles. The monoisotopic (exact) mass is 199 g/mol. The number of nitrogens with two attached hydrogens (primary N) is 1. The zero-order valence-corrected chi connectivity index (χ0v) is 10.9. The maximum atomic E-state index is 6.07. The average Bonchev–Trinajstić information content (AvgIpc) is 2.11. The standard InChI is InChI=1S/C11H23N.C2H6/c1-8-5-6-9(7-10(8)12)11(2,3)4;1-2/h8-10H,5-7,12H2,1-4H3;1-2H3.